The number of para-hydroxylation sites is 1. The van der Waals surface area contributed by atoms with Crippen LogP contribution in [-0.4, -0.2) is 39.9 Å². The molecule has 3 heterocycles. The van der Waals surface area contributed by atoms with Gasteiger partial charge in [-0.15, -0.1) is 0 Å². The molecular formula is C20H23N5O. The van der Waals surface area contributed by atoms with Crippen LogP contribution in [0.1, 0.15) is 36.0 Å². The van der Waals surface area contributed by atoms with Gasteiger partial charge in [-0.25, -0.2) is 9.67 Å². The molecule has 6 heteroatoms. The number of nitrogens with one attached hydrogen (secondary N) is 1. The highest BCUT2D eigenvalue weighted by Crippen LogP contribution is 2.26. The Bertz CT molecular complexity index is 856. The smallest absolute Gasteiger partial charge is 0.155 e. The molecule has 1 aliphatic heterocycles. The Kier molecular flexibility index (Phi) is 4.93. The summed E-state index contributed by atoms with van der Waals surface area (Å²) in [6, 6.07) is 12.0. The monoisotopic (exact) mass is 349 g/mol. The van der Waals surface area contributed by atoms with E-state index in [0.717, 1.165) is 54.6 Å². The van der Waals surface area contributed by atoms with Gasteiger partial charge in [-0.2, -0.15) is 5.10 Å². The van der Waals surface area contributed by atoms with Gasteiger partial charge >= 0.3 is 0 Å². The van der Waals surface area contributed by atoms with E-state index in [1.807, 2.05) is 41.2 Å². The molecule has 134 valence electrons. The maximum Gasteiger partial charge on any atom is 0.155 e. The van der Waals surface area contributed by atoms with Crippen molar-refractivity contribution in [3.8, 4) is 11.4 Å². The van der Waals surface area contributed by atoms with Crippen LogP contribution in [0.2, 0.25) is 0 Å². The third-order valence-corrected chi connectivity index (χ3v) is 4.77. The largest absolute Gasteiger partial charge is 0.496 e. The van der Waals surface area contributed by atoms with Crippen molar-refractivity contribution in [2.75, 3.05) is 20.2 Å². The summed E-state index contributed by atoms with van der Waals surface area (Å²) < 4.78 is 7.43. The normalized spacial score (nSPS) is 17.2. The van der Waals surface area contributed by atoms with Crippen molar-refractivity contribution in [2.24, 2.45) is 0 Å². The highest BCUT2D eigenvalue weighted by Gasteiger charge is 2.23. The molecule has 0 saturated carbocycles. The number of methoxy groups -OCH3 is 1. The van der Waals surface area contributed by atoms with Gasteiger partial charge in [-0.05, 0) is 37.6 Å². The fourth-order valence-electron chi connectivity index (χ4n) is 3.47. The van der Waals surface area contributed by atoms with Crippen molar-refractivity contribution in [2.45, 2.75) is 25.2 Å². The van der Waals surface area contributed by atoms with E-state index >= 15 is 0 Å². The first-order valence-electron chi connectivity index (χ1n) is 9.04. The molecule has 0 amide bonds. The Morgan fingerprint density at radius 3 is 2.92 bits per heavy atom. The molecule has 1 saturated heterocycles. The topological polar surface area (TPSA) is 64.9 Å². The summed E-state index contributed by atoms with van der Waals surface area (Å²) in [7, 11) is 1.69. The van der Waals surface area contributed by atoms with Gasteiger partial charge in [0, 0.05) is 30.6 Å². The predicted molar refractivity (Wildman–Crippen MR) is 99.8 cm³/mol. The van der Waals surface area contributed by atoms with Crippen molar-refractivity contribution >= 4 is 0 Å². The molecule has 2 aromatic heterocycles. The SMILES string of the molecule is COc1ccccc1Cc1nc(C2CCCNC2)n(-c2cccnc2)n1. The third-order valence-electron chi connectivity index (χ3n) is 4.77. The summed E-state index contributed by atoms with van der Waals surface area (Å²) >= 11 is 0. The lowest BCUT2D eigenvalue weighted by Gasteiger charge is -2.22. The zero-order chi connectivity index (χ0) is 17.8. The van der Waals surface area contributed by atoms with Crippen molar-refractivity contribution in [1.29, 1.82) is 0 Å². The number of nitrogens with zero attached hydrogens (tertiary/aromatic N) is 4. The minimum atomic E-state index is 0.364. The molecule has 6 nitrogen and oxygen atoms in total. The zero-order valence-electron chi connectivity index (χ0n) is 14.9. The Balaban J connectivity index is 1.71. The molecule has 26 heavy (non-hydrogen) atoms. The number of piperidine rings is 1. The quantitative estimate of drug-likeness (QED) is 0.767. The summed E-state index contributed by atoms with van der Waals surface area (Å²) in [5, 5.41) is 8.28. The first-order valence-corrected chi connectivity index (χ1v) is 9.04. The number of pyridine rings is 1. The zero-order valence-corrected chi connectivity index (χ0v) is 14.9. The van der Waals surface area contributed by atoms with E-state index in [0.29, 0.717) is 12.3 Å². The predicted octanol–water partition coefficient (Wildman–Crippen LogP) is 2.73. The van der Waals surface area contributed by atoms with E-state index < -0.39 is 0 Å². The van der Waals surface area contributed by atoms with E-state index in [2.05, 4.69) is 16.4 Å². The van der Waals surface area contributed by atoms with Gasteiger partial charge in [-0.1, -0.05) is 18.2 Å². The molecule has 3 aromatic rings. The molecule has 0 bridgehead atoms. The molecule has 1 unspecified atom stereocenters. The highest BCUT2D eigenvalue weighted by atomic mass is 16.5. The second-order valence-corrected chi connectivity index (χ2v) is 6.54. The fraction of sp³-hybridized carbons (Fsp3) is 0.350. The molecule has 1 N–H and O–H groups in total. The van der Waals surface area contributed by atoms with Gasteiger partial charge in [0.15, 0.2) is 5.82 Å². The summed E-state index contributed by atoms with van der Waals surface area (Å²) in [5.41, 5.74) is 2.04. The molecule has 1 aliphatic rings. The molecular weight excluding hydrogens is 326 g/mol. The van der Waals surface area contributed by atoms with Crippen LogP contribution in [0.4, 0.5) is 0 Å². The molecule has 4 rings (SSSR count). The second kappa shape index (κ2) is 7.66. The number of ether oxygens (including phenoxy) is 1. The first-order chi connectivity index (χ1) is 12.8. The maximum absolute atomic E-state index is 5.47. The van der Waals surface area contributed by atoms with Crippen molar-refractivity contribution in [3.05, 3.63) is 66.0 Å². The van der Waals surface area contributed by atoms with Crippen LogP contribution in [0.25, 0.3) is 5.69 Å². The second-order valence-electron chi connectivity index (χ2n) is 6.54. The first kappa shape index (κ1) is 16.7. The number of hydrogen-bond acceptors (Lipinski definition) is 5. The lowest BCUT2D eigenvalue weighted by atomic mass is 9.99. The van der Waals surface area contributed by atoms with Crippen LogP contribution in [0.3, 0.4) is 0 Å². The molecule has 1 aromatic carbocycles. The maximum atomic E-state index is 5.47. The van der Waals surface area contributed by atoms with E-state index in [1.165, 1.54) is 0 Å². The molecule has 1 fully saturated rings. The lowest BCUT2D eigenvalue weighted by Crippen LogP contribution is -2.30. The lowest BCUT2D eigenvalue weighted by molar-refractivity contribution is 0.410. The molecule has 1 atom stereocenters. The number of hydrogen-bond donors (Lipinski definition) is 1. The van der Waals surface area contributed by atoms with Crippen molar-refractivity contribution < 1.29 is 4.74 Å². The van der Waals surface area contributed by atoms with Crippen LogP contribution in [0.15, 0.2) is 48.8 Å². The Morgan fingerprint density at radius 2 is 2.15 bits per heavy atom. The molecule has 0 aliphatic carbocycles. The van der Waals surface area contributed by atoms with Gasteiger partial charge < -0.3 is 10.1 Å². The molecule has 0 radical (unpaired) electrons. The van der Waals surface area contributed by atoms with Gasteiger partial charge in [0.05, 0.1) is 19.0 Å². The minimum absolute atomic E-state index is 0.364. The summed E-state index contributed by atoms with van der Waals surface area (Å²) in [6.45, 7) is 2.01. The standard InChI is InChI=1S/C20H23N5O/c1-26-18-9-3-2-6-15(18)12-19-23-20(16-7-4-10-21-13-16)25(24-19)17-8-5-11-22-14-17/h2-3,5-6,8-9,11,14,16,21H,4,7,10,12-13H2,1H3. The van der Waals surface area contributed by atoms with E-state index in [9.17, 15) is 0 Å². The van der Waals surface area contributed by atoms with Crippen LogP contribution in [0, 0.1) is 0 Å². The van der Waals surface area contributed by atoms with Crippen LogP contribution >= 0.6 is 0 Å². The summed E-state index contributed by atoms with van der Waals surface area (Å²) in [5.74, 6) is 3.04. The average Bonchev–Trinajstić information content (AvgIpc) is 3.13. The average molecular weight is 349 g/mol. The van der Waals surface area contributed by atoms with E-state index in [1.54, 1.807) is 13.3 Å². The van der Waals surface area contributed by atoms with E-state index in [-0.39, 0.29) is 0 Å². The number of rotatable bonds is 5. The fourth-order valence-corrected chi connectivity index (χ4v) is 3.47. The van der Waals surface area contributed by atoms with Gasteiger partial charge in [0.1, 0.15) is 11.6 Å². The number of benzene rings is 1. The van der Waals surface area contributed by atoms with Crippen molar-refractivity contribution in [1.82, 2.24) is 25.1 Å². The summed E-state index contributed by atoms with van der Waals surface area (Å²) in [4.78, 5) is 9.15. The third kappa shape index (κ3) is 3.46. The molecule has 0 spiro atoms. The van der Waals surface area contributed by atoms with Gasteiger partial charge in [0.25, 0.3) is 0 Å². The Labute approximate surface area is 153 Å². The minimum Gasteiger partial charge on any atom is -0.496 e. The Morgan fingerprint density at radius 1 is 1.23 bits per heavy atom. The van der Waals surface area contributed by atoms with Crippen molar-refractivity contribution in [3.63, 3.8) is 0 Å². The van der Waals surface area contributed by atoms with Crippen LogP contribution in [-0.2, 0) is 6.42 Å². The van der Waals surface area contributed by atoms with Crippen LogP contribution in [0.5, 0.6) is 5.75 Å². The van der Waals surface area contributed by atoms with Gasteiger partial charge in [-0.3, -0.25) is 4.98 Å². The summed E-state index contributed by atoms with van der Waals surface area (Å²) in [6.07, 6.45) is 6.54. The van der Waals surface area contributed by atoms with E-state index in [4.69, 9.17) is 14.8 Å². The Hall–Kier alpha value is -2.73. The van der Waals surface area contributed by atoms with Crippen LogP contribution < -0.4 is 10.1 Å². The highest BCUT2D eigenvalue weighted by molar-refractivity contribution is 5.36. The number of aromatic nitrogens is 4. The van der Waals surface area contributed by atoms with Gasteiger partial charge in [0.2, 0.25) is 0 Å².